The van der Waals surface area contributed by atoms with Crippen molar-refractivity contribution in [2.75, 3.05) is 7.05 Å². The van der Waals surface area contributed by atoms with E-state index in [4.69, 9.17) is 0 Å². The van der Waals surface area contributed by atoms with Gasteiger partial charge < -0.3 is 5.32 Å². The lowest BCUT2D eigenvalue weighted by molar-refractivity contribution is -0.137. The maximum absolute atomic E-state index is 13.7. The van der Waals surface area contributed by atoms with Crippen LogP contribution in [-0.4, -0.2) is 7.05 Å². The van der Waals surface area contributed by atoms with Crippen LogP contribution in [0.3, 0.4) is 0 Å². The first-order valence-electron chi connectivity index (χ1n) is 6.29. The number of alkyl halides is 3. The number of hydrogen-bond donors (Lipinski definition) is 1. The summed E-state index contributed by atoms with van der Waals surface area (Å²) in [6.07, 6.45) is -3.02. The van der Waals surface area contributed by atoms with Gasteiger partial charge in [0.1, 0.15) is 5.82 Å². The average Bonchev–Trinajstić information content (AvgIpc) is 2.30. The second-order valence-electron chi connectivity index (χ2n) is 5.05. The maximum atomic E-state index is 13.7. The van der Waals surface area contributed by atoms with Crippen LogP contribution in [0, 0.1) is 11.7 Å². The van der Waals surface area contributed by atoms with Crippen LogP contribution in [0.1, 0.15) is 43.9 Å². The topological polar surface area (TPSA) is 12.0 Å². The zero-order valence-corrected chi connectivity index (χ0v) is 11.3. The first-order valence-corrected chi connectivity index (χ1v) is 6.29. The predicted octanol–water partition coefficient (Wildman–Crippen LogP) is 4.54. The fraction of sp³-hybridized carbons (Fsp3) is 0.571. The van der Waals surface area contributed by atoms with Gasteiger partial charge in [0.15, 0.2) is 0 Å². The molecule has 19 heavy (non-hydrogen) atoms. The van der Waals surface area contributed by atoms with Gasteiger partial charge in [-0.15, -0.1) is 0 Å². The molecule has 1 unspecified atom stereocenters. The molecule has 0 amide bonds. The Bertz CT molecular complexity index is 412. The average molecular weight is 277 g/mol. The van der Waals surface area contributed by atoms with Crippen LogP contribution in [0.4, 0.5) is 17.6 Å². The summed E-state index contributed by atoms with van der Waals surface area (Å²) in [6.45, 7) is 4.05. The Kier molecular flexibility index (Phi) is 5.35. The lowest BCUT2D eigenvalue weighted by Gasteiger charge is -2.20. The van der Waals surface area contributed by atoms with Crippen molar-refractivity contribution < 1.29 is 17.6 Å². The summed E-state index contributed by atoms with van der Waals surface area (Å²) in [6, 6.07) is 2.16. The molecule has 108 valence electrons. The predicted molar refractivity (Wildman–Crippen MR) is 67.3 cm³/mol. The van der Waals surface area contributed by atoms with Gasteiger partial charge in [0.2, 0.25) is 0 Å². The third-order valence-corrected chi connectivity index (χ3v) is 3.08. The van der Waals surface area contributed by atoms with Crippen LogP contribution >= 0.6 is 0 Å². The van der Waals surface area contributed by atoms with E-state index in [2.05, 4.69) is 5.32 Å². The molecule has 0 aromatic heterocycles. The van der Waals surface area contributed by atoms with Crippen molar-refractivity contribution in [2.24, 2.45) is 5.92 Å². The van der Waals surface area contributed by atoms with Gasteiger partial charge >= 0.3 is 6.18 Å². The van der Waals surface area contributed by atoms with E-state index in [1.807, 2.05) is 13.8 Å². The molecule has 1 rings (SSSR count). The molecule has 1 nitrogen and oxygen atoms in total. The quantitative estimate of drug-likeness (QED) is 0.779. The van der Waals surface area contributed by atoms with E-state index in [-0.39, 0.29) is 5.56 Å². The first-order chi connectivity index (χ1) is 8.75. The molecule has 0 radical (unpaired) electrons. The minimum atomic E-state index is -4.45. The van der Waals surface area contributed by atoms with Crippen LogP contribution in [0.2, 0.25) is 0 Å². The zero-order chi connectivity index (χ0) is 14.6. The summed E-state index contributed by atoms with van der Waals surface area (Å²) in [7, 11) is 1.63. The summed E-state index contributed by atoms with van der Waals surface area (Å²) in [5.74, 6) is -0.180. The summed E-state index contributed by atoms with van der Waals surface area (Å²) in [5, 5.41) is 2.89. The highest BCUT2D eigenvalue weighted by molar-refractivity contribution is 5.29. The van der Waals surface area contributed by atoms with E-state index in [9.17, 15) is 17.6 Å². The van der Waals surface area contributed by atoms with Crippen molar-refractivity contribution in [1.29, 1.82) is 0 Å². The molecule has 0 aliphatic heterocycles. The molecule has 5 heteroatoms. The lowest BCUT2D eigenvalue weighted by atomic mass is 9.96. The van der Waals surface area contributed by atoms with Gasteiger partial charge in [-0.3, -0.25) is 0 Å². The van der Waals surface area contributed by atoms with Gasteiger partial charge in [-0.1, -0.05) is 13.8 Å². The van der Waals surface area contributed by atoms with Crippen molar-refractivity contribution in [3.63, 3.8) is 0 Å². The fourth-order valence-corrected chi connectivity index (χ4v) is 1.94. The normalized spacial score (nSPS) is 13.9. The molecule has 1 aromatic carbocycles. The van der Waals surface area contributed by atoms with Crippen LogP contribution in [-0.2, 0) is 6.18 Å². The maximum Gasteiger partial charge on any atom is 0.416 e. The highest BCUT2D eigenvalue weighted by Gasteiger charge is 2.31. The van der Waals surface area contributed by atoms with E-state index < -0.39 is 23.6 Å². The standard InChI is InChI=1S/C14H19F4N/c1-9(2)4-7-13(19-3)11-8-10(14(16,17)18)5-6-12(11)15/h5-6,8-9,13,19H,4,7H2,1-3H3. The Labute approximate surface area is 111 Å². The molecular weight excluding hydrogens is 258 g/mol. The second-order valence-corrected chi connectivity index (χ2v) is 5.05. The number of nitrogens with one attached hydrogen (secondary N) is 1. The van der Waals surface area contributed by atoms with Gasteiger partial charge in [-0.25, -0.2) is 4.39 Å². The fourth-order valence-electron chi connectivity index (χ4n) is 1.94. The Morgan fingerprint density at radius 3 is 2.26 bits per heavy atom. The van der Waals surface area contributed by atoms with Crippen molar-refractivity contribution in [2.45, 2.75) is 38.9 Å². The van der Waals surface area contributed by atoms with Crippen LogP contribution in [0.5, 0.6) is 0 Å². The van der Waals surface area contributed by atoms with Crippen molar-refractivity contribution >= 4 is 0 Å². The van der Waals surface area contributed by atoms with Crippen molar-refractivity contribution in [3.05, 3.63) is 35.1 Å². The highest BCUT2D eigenvalue weighted by atomic mass is 19.4. The second kappa shape index (κ2) is 6.37. The Hall–Kier alpha value is -1.10. The Balaban J connectivity index is 3.02. The lowest BCUT2D eigenvalue weighted by Crippen LogP contribution is -2.19. The summed E-state index contributed by atoms with van der Waals surface area (Å²) in [5.41, 5.74) is -0.730. The molecular formula is C14H19F4N. The molecule has 1 aromatic rings. The van der Waals surface area contributed by atoms with Crippen molar-refractivity contribution in [3.8, 4) is 0 Å². The number of benzene rings is 1. The molecule has 1 N–H and O–H groups in total. The minimum Gasteiger partial charge on any atom is -0.313 e. The molecule has 0 fully saturated rings. The molecule has 0 spiro atoms. The SMILES string of the molecule is CNC(CCC(C)C)c1cc(C(F)(F)F)ccc1F. The van der Waals surface area contributed by atoms with Crippen molar-refractivity contribution in [1.82, 2.24) is 5.32 Å². The Morgan fingerprint density at radius 1 is 1.16 bits per heavy atom. The van der Waals surface area contributed by atoms with Crippen LogP contribution in [0.25, 0.3) is 0 Å². The number of halogens is 4. The van der Waals surface area contributed by atoms with Gasteiger partial charge in [-0.2, -0.15) is 13.2 Å². The summed E-state index contributed by atoms with van der Waals surface area (Å²) < 4.78 is 51.6. The summed E-state index contributed by atoms with van der Waals surface area (Å²) in [4.78, 5) is 0. The van der Waals surface area contributed by atoms with E-state index in [0.717, 1.165) is 24.6 Å². The van der Waals surface area contributed by atoms with Gasteiger partial charge in [0.05, 0.1) is 5.56 Å². The van der Waals surface area contributed by atoms with Crippen LogP contribution < -0.4 is 5.32 Å². The summed E-state index contributed by atoms with van der Waals surface area (Å²) >= 11 is 0. The molecule has 0 aliphatic carbocycles. The minimum absolute atomic E-state index is 0.0815. The van der Waals surface area contributed by atoms with Gasteiger partial charge in [-0.05, 0) is 44.0 Å². The van der Waals surface area contributed by atoms with E-state index in [0.29, 0.717) is 12.3 Å². The molecule has 0 saturated carbocycles. The van der Waals surface area contributed by atoms with Gasteiger partial charge in [0.25, 0.3) is 0 Å². The first kappa shape index (κ1) is 16.0. The molecule has 0 aliphatic rings. The van der Waals surface area contributed by atoms with E-state index >= 15 is 0 Å². The van der Waals surface area contributed by atoms with E-state index in [1.54, 1.807) is 7.05 Å². The van der Waals surface area contributed by atoms with E-state index in [1.165, 1.54) is 0 Å². The molecule has 0 heterocycles. The molecule has 0 bridgehead atoms. The molecule has 0 saturated heterocycles. The molecule has 1 atom stereocenters. The third kappa shape index (κ3) is 4.49. The smallest absolute Gasteiger partial charge is 0.313 e. The zero-order valence-electron chi connectivity index (χ0n) is 11.3. The number of rotatable bonds is 5. The highest BCUT2D eigenvalue weighted by Crippen LogP contribution is 2.33. The van der Waals surface area contributed by atoms with Crippen LogP contribution in [0.15, 0.2) is 18.2 Å². The largest absolute Gasteiger partial charge is 0.416 e. The monoisotopic (exact) mass is 277 g/mol. The third-order valence-electron chi connectivity index (χ3n) is 3.08. The Morgan fingerprint density at radius 2 is 1.79 bits per heavy atom. The number of hydrogen-bond acceptors (Lipinski definition) is 1. The van der Waals surface area contributed by atoms with Gasteiger partial charge in [0, 0.05) is 11.6 Å².